The Morgan fingerprint density at radius 3 is 2.24 bits per heavy atom. The molecule has 0 bridgehead atoms. The highest BCUT2D eigenvalue weighted by Gasteiger charge is 2.34. The fourth-order valence-corrected chi connectivity index (χ4v) is 1.71. The first-order valence-electron chi connectivity index (χ1n) is 7.65. The standard InChI is InChI=1S/C10H20N2O2.C5H10.CH5N/c1-10(2,3)8(11)9(14)12-5-4-7(13)6-12;1-3-5-4-2;1-2/h7-8,13H,4-6,11H2,1-3H3;3H,1,4-5H2,2H3;2H2,1H3. The average molecular weight is 301 g/mol. The molecule has 0 aromatic rings. The zero-order valence-electron chi connectivity index (χ0n) is 14.4. The quantitative estimate of drug-likeness (QED) is 0.689. The van der Waals surface area contributed by atoms with Gasteiger partial charge in [0.2, 0.25) is 5.91 Å². The molecule has 1 aliphatic rings. The second-order valence-electron chi connectivity index (χ2n) is 6.15. The first-order valence-corrected chi connectivity index (χ1v) is 7.65. The lowest BCUT2D eigenvalue weighted by Gasteiger charge is -2.29. The number of carbonyl (C=O) groups is 1. The van der Waals surface area contributed by atoms with E-state index in [0.29, 0.717) is 19.5 Å². The monoisotopic (exact) mass is 301 g/mol. The maximum atomic E-state index is 11.8. The van der Waals surface area contributed by atoms with Crippen molar-refractivity contribution in [2.45, 2.75) is 59.1 Å². The SMILES string of the molecule is C=CCCC.CC(C)(C)C(N)C(=O)N1CCC(O)C1.CN. The van der Waals surface area contributed by atoms with E-state index in [4.69, 9.17) is 5.73 Å². The summed E-state index contributed by atoms with van der Waals surface area (Å²) in [5, 5.41) is 9.30. The molecule has 2 atom stereocenters. The van der Waals surface area contributed by atoms with Crippen LogP contribution in [0, 0.1) is 5.41 Å². The zero-order chi connectivity index (χ0) is 17.1. The molecule has 5 heteroatoms. The van der Waals surface area contributed by atoms with Gasteiger partial charge < -0.3 is 21.5 Å². The topological polar surface area (TPSA) is 92.6 Å². The number of nitrogens with zero attached hydrogens (tertiary/aromatic N) is 1. The predicted octanol–water partition coefficient (Wildman–Crippen LogP) is 1.50. The third-order valence-corrected chi connectivity index (χ3v) is 3.17. The molecule has 0 aliphatic carbocycles. The number of amides is 1. The van der Waals surface area contributed by atoms with Crippen LogP contribution in [0.15, 0.2) is 12.7 Å². The Bertz CT molecular complexity index is 288. The van der Waals surface area contributed by atoms with Crippen LogP contribution in [0.1, 0.15) is 47.0 Å². The van der Waals surface area contributed by atoms with Gasteiger partial charge in [-0.25, -0.2) is 0 Å². The molecular weight excluding hydrogens is 266 g/mol. The Labute approximate surface area is 130 Å². The van der Waals surface area contributed by atoms with E-state index in [0.717, 1.165) is 6.42 Å². The molecule has 5 N–H and O–H groups in total. The van der Waals surface area contributed by atoms with Gasteiger partial charge in [-0.05, 0) is 25.3 Å². The summed E-state index contributed by atoms with van der Waals surface area (Å²) in [5.41, 5.74) is 10.1. The number of unbranched alkanes of at least 4 members (excludes halogenated alkanes) is 1. The lowest BCUT2D eigenvalue weighted by molar-refractivity contribution is -0.134. The molecule has 0 spiro atoms. The summed E-state index contributed by atoms with van der Waals surface area (Å²) in [6.45, 7) is 12.6. The number of aliphatic hydroxyl groups is 1. The van der Waals surface area contributed by atoms with Crippen LogP contribution in [0.4, 0.5) is 0 Å². The van der Waals surface area contributed by atoms with E-state index in [1.165, 1.54) is 13.5 Å². The van der Waals surface area contributed by atoms with E-state index in [2.05, 4.69) is 19.2 Å². The van der Waals surface area contributed by atoms with Gasteiger partial charge in [0.1, 0.15) is 0 Å². The van der Waals surface area contributed by atoms with E-state index in [-0.39, 0.29) is 17.4 Å². The molecule has 0 radical (unpaired) electrons. The highest BCUT2D eigenvalue weighted by Crippen LogP contribution is 2.21. The van der Waals surface area contributed by atoms with Gasteiger partial charge >= 0.3 is 0 Å². The first-order chi connectivity index (χ1) is 9.73. The maximum absolute atomic E-state index is 11.8. The van der Waals surface area contributed by atoms with Crippen LogP contribution in [-0.2, 0) is 4.79 Å². The number of likely N-dealkylation sites (tertiary alicyclic amines) is 1. The van der Waals surface area contributed by atoms with Crippen molar-refractivity contribution >= 4 is 5.91 Å². The van der Waals surface area contributed by atoms with Crippen LogP contribution in [0.5, 0.6) is 0 Å². The summed E-state index contributed by atoms with van der Waals surface area (Å²) in [5.74, 6) is -0.0472. The molecule has 126 valence electrons. The largest absolute Gasteiger partial charge is 0.391 e. The Balaban J connectivity index is 0. The van der Waals surface area contributed by atoms with E-state index in [9.17, 15) is 9.90 Å². The van der Waals surface area contributed by atoms with Crippen LogP contribution in [0.2, 0.25) is 0 Å². The van der Waals surface area contributed by atoms with Crippen molar-refractivity contribution in [2.75, 3.05) is 20.1 Å². The van der Waals surface area contributed by atoms with Crippen molar-refractivity contribution in [3.05, 3.63) is 12.7 Å². The predicted molar refractivity (Wildman–Crippen MR) is 89.9 cm³/mol. The van der Waals surface area contributed by atoms with Crippen molar-refractivity contribution in [3.8, 4) is 0 Å². The van der Waals surface area contributed by atoms with Crippen molar-refractivity contribution in [3.63, 3.8) is 0 Å². The molecule has 2 unspecified atom stereocenters. The van der Waals surface area contributed by atoms with Crippen LogP contribution in [0.3, 0.4) is 0 Å². The minimum atomic E-state index is -0.479. The number of carbonyl (C=O) groups excluding carboxylic acids is 1. The molecule has 1 saturated heterocycles. The van der Waals surface area contributed by atoms with Gasteiger partial charge in [0.15, 0.2) is 0 Å². The molecule has 1 amide bonds. The summed E-state index contributed by atoms with van der Waals surface area (Å²) >= 11 is 0. The van der Waals surface area contributed by atoms with Crippen molar-refractivity contribution in [1.82, 2.24) is 4.90 Å². The fraction of sp³-hybridized carbons (Fsp3) is 0.812. The van der Waals surface area contributed by atoms with E-state index in [1.54, 1.807) is 4.90 Å². The van der Waals surface area contributed by atoms with Crippen molar-refractivity contribution in [2.24, 2.45) is 16.9 Å². The van der Waals surface area contributed by atoms with E-state index in [1.807, 2.05) is 26.8 Å². The third-order valence-electron chi connectivity index (χ3n) is 3.17. The summed E-state index contributed by atoms with van der Waals surface area (Å²) < 4.78 is 0. The van der Waals surface area contributed by atoms with E-state index < -0.39 is 6.04 Å². The summed E-state index contributed by atoms with van der Waals surface area (Å²) in [4.78, 5) is 13.5. The molecule has 0 aromatic heterocycles. The van der Waals surface area contributed by atoms with Gasteiger partial charge in [0.25, 0.3) is 0 Å². The average Bonchev–Trinajstić information content (AvgIpc) is 2.86. The van der Waals surface area contributed by atoms with Crippen LogP contribution in [0.25, 0.3) is 0 Å². The maximum Gasteiger partial charge on any atom is 0.240 e. The Morgan fingerprint density at radius 2 is 2.00 bits per heavy atom. The molecule has 1 fully saturated rings. The molecule has 21 heavy (non-hydrogen) atoms. The number of aliphatic hydroxyl groups excluding tert-OH is 1. The summed E-state index contributed by atoms with van der Waals surface area (Å²) in [6, 6.07) is -0.479. The fourth-order valence-electron chi connectivity index (χ4n) is 1.71. The van der Waals surface area contributed by atoms with Gasteiger partial charge in [-0.1, -0.05) is 40.2 Å². The van der Waals surface area contributed by atoms with Crippen molar-refractivity contribution in [1.29, 1.82) is 0 Å². The molecule has 1 heterocycles. The molecule has 0 saturated carbocycles. The molecular formula is C16H35N3O2. The van der Waals surface area contributed by atoms with Gasteiger partial charge in [0.05, 0.1) is 12.1 Å². The first kappa shape index (κ1) is 22.4. The highest BCUT2D eigenvalue weighted by atomic mass is 16.3. The van der Waals surface area contributed by atoms with Gasteiger partial charge in [0, 0.05) is 13.1 Å². The number of β-amino-alcohol motifs (C(OH)–C–C–N with tert-alkyl or cyclic N) is 1. The Kier molecular flexibility index (Phi) is 12.5. The third kappa shape index (κ3) is 9.61. The lowest BCUT2D eigenvalue weighted by atomic mass is 9.86. The van der Waals surface area contributed by atoms with E-state index >= 15 is 0 Å². The summed E-state index contributed by atoms with van der Waals surface area (Å²) in [7, 11) is 1.50. The number of nitrogens with two attached hydrogens (primary N) is 2. The number of allylic oxidation sites excluding steroid dienone is 1. The second-order valence-corrected chi connectivity index (χ2v) is 6.15. The number of hydrogen-bond donors (Lipinski definition) is 3. The van der Waals surface area contributed by atoms with Gasteiger partial charge in [-0.3, -0.25) is 4.79 Å². The Morgan fingerprint density at radius 1 is 1.48 bits per heavy atom. The molecule has 1 aliphatic heterocycles. The van der Waals surface area contributed by atoms with Gasteiger partial charge in [-0.15, -0.1) is 6.58 Å². The minimum absolute atomic E-state index is 0.0472. The smallest absolute Gasteiger partial charge is 0.240 e. The van der Waals surface area contributed by atoms with Crippen LogP contribution < -0.4 is 11.5 Å². The number of hydrogen-bond acceptors (Lipinski definition) is 4. The Hall–Kier alpha value is -0.910. The number of rotatable bonds is 3. The van der Waals surface area contributed by atoms with Gasteiger partial charge in [-0.2, -0.15) is 0 Å². The molecule has 5 nitrogen and oxygen atoms in total. The van der Waals surface area contributed by atoms with Crippen LogP contribution in [-0.4, -0.2) is 48.2 Å². The van der Waals surface area contributed by atoms with Crippen molar-refractivity contribution < 1.29 is 9.90 Å². The summed E-state index contributed by atoms with van der Waals surface area (Å²) in [6.07, 6.45) is 4.61. The minimum Gasteiger partial charge on any atom is -0.391 e. The lowest BCUT2D eigenvalue weighted by Crippen LogP contribution is -2.49. The normalized spacial score (nSPS) is 18.9. The molecule has 1 rings (SSSR count). The second kappa shape index (κ2) is 11.7. The van der Waals surface area contributed by atoms with Crippen LogP contribution >= 0.6 is 0 Å². The highest BCUT2D eigenvalue weighted by molar-refractivity contribution is 5.82. The zero-order valence-corrected chi connectivity index (χ0v) is 14.4. The molecule has 0 aromatic carbocycles.